The van der Waals surface area contributed by atoms with E-state index in [-0.39, 0.29) is 17.2 Å². The van der Waals surface area contributed by atoms with Crippen molar-refractivity contribution < 1.29 is 4.79 Å². The Morgan fingerprint density at radius 3 is 3.05 bits per heavy atom. The summed E-state index contributed by atoms with van der Waals surface area (Å²) >= 11 is 7.68. The monoisotopic (exact) mass is 308 g/mol. The Kier molecular flexibility index (Phi) is 4.98. The SMILES string of the molecule is CC1(C(=O)Nc2ccc(Cl)cc2C#CCN)CCCS1. The molecular weight excluding hydrogens is 292 g/mol. The molecule has 0 radical (unpaired) electrons. The van der Waals surface area contributed by atoms with Gasteiger partial charge in [-0.3, -0.25) is 4.79 Å². The third kappa shape index (κ3) is 3.49. The van der Waals surface area contributed by atoms with Crippen molar-refractivity contribution >= 4 is 35.0 Å². The smallest absolute Gasteiger partial charge is 0.240 e. The fraction of sp³-hybridized carbons (Fsp3) is 0.400. The van der Waals surface area contributed by atoms with Crippen LogP contribution >= 0.6 is 23.4 Å². The number of nitrogens with one attached hydrogen (secondary N) is 1. The predicted octanol–water partition coefficient (Wildman–Crippen LogP) is 2.87. The van der Waals surface area contributed by atoms with Gasteiger partial charge in [0, 0.05) is 10.6 Å². The number of carbonyl (C=O) groups excluding carboxylic acids is 1. The minimum atomic E-state index is -0.349. The molecule has 0 aliphatic carbocycles. The molecule has 1 aliphatic heterocycles. The molecule has 1 amide bonds. The lowest BCUT2D eigenvalue weighted by Gasteiger charge is -2.22. The highest BCUT2D eigenvalue weighted by Crippen LogP contribution is 2.38. The van der Waals surface area contributed by atoms with Crippen molar-refractivity contribution in [3.05, 3.63) is 28.8 Å². The van der Waals surface area contributed by atoms with Gasteiger partial charge in [-0.1, -0.05) is 23.4 Å². The molecule has 20 heavy (non-hydrogen) atoms. The summed E-state index contributed by atoms with van der Waals surface area (Å²) < 4.78 is -0.349. The second kappa shape index (κ2) is 6.53. The first-order valence-electron chi connectivity index (χ1n) is 6.49. The van der Waals surface area contributed by atoms with Crippen LogP contribution in [-0.2, 0) is 4.79 Å². The number of hydrogen-bond acceptors (Lipinski definition) is 3. The molecule has 0 bridgehead atoms. The van der Waals surface area contributed by atoms with E-state index in [4.69, 9.17) is 17.3 Å². The van der Waals surface area contributed by atoms with Crippen molar-refractivity contribution in [1.82, 2.24) is 0 Å². The molecule has 1 fully saturated rings. The van der Waals surface area contributed by atoms with E-state index in [2.05, 4.69) is 17.2 Å². The molecule has 0 aromatic heterocycles. The molecule has 106 valence electrons. The van der Waals surface area contributed by atoms with Gasteiger partial charge in [0.25, 0.3) is 0 Å². The number of nitrogens with two attached hydrogens (primary N) is 1. The number of halogens is 1. The highest BCUT2D eigenvalue weighted by atomic mass is 35.5. The molecule has 2 rings (SSSR count). The number of anilines is 1. The summed E-state index contributed by atoms with van der Waals surface area (Å²) in [4.78, 5) is 12.4. The fourth-order valence-corrected chi connectivity index (χ4v) is 3.47. The maximum absolute atomic E-state index is 12.4. The highest BCUT2D eigenvalue weighted by Gasteiger charge is 2.37. The molecule has 3 N–H and O–H groups in total. The molecule has 1 saturated heterocycles. The average Bonchev–Trinajstić information content (AvgIpc) is 2.87. The minimum Gasteiger partial charge on any atom is -0.324 e. The van der Waals surface area contributed by atoms with Gasteiger partial charge in [-0.25, -0.2) is 0 Å². The zero-order valence-electron chi connectivity index (χ0n) is 11.3. The second-order valence-corrected chi connectivity index (χ2v) is 6.87. The summed E-state index contributed by atoms with van der Waals surface area (Å²) in [6.07, 6.45) is 1.98. The van der Waals surface area contributed by atoms with Crippen LogP contribution in [0.25, 0.3) is 0 Å². The molecule has 1 unspecified atom stereocenters. The summed E-state index contributed by atoms with van der Waals surface area (Å²) in [7, 11) is 0. The molecule has 0 spiro atoms. The third-order valence-electron chi connectivity index (χ3n) is 3.25. The first kappa shape index (κ1) is 15.2. The van der Waals surface area contributed by atoms with Crippen LogP contribution in [0.3, 0.4) is 0 Å². The molecular formula is C15H17ClN2OS. The van der Waals surface area contributed by atoms with E-state index >= 15 is 0 Å². The zero-order chi connectivity index (χ0) is 14.6. The lowest BCUT2D eigenvalue weighted by atomic mass is 10.0. The molecule has 5 heteroatoms. The van der Waals surface area contributed by atoms with E-state index < -0.39 is 0 Å². The average molecular weight is 309 g/mol. The van der Waals surface area contributed by atoms with E-state index in [1.807, 2.05) is 6.92 Å². The van der Waals surface area contributed by atoms with Crippen LogP contribution in [-0.4, -0.2) is 23.0 Å². The summed E-state index contributed by atoms with van der Waals surface area (Å²) in [5, 5.41) is 3.56. The predicted molar refractivity (Wildman–Crippen MR) is 86.1 cm³/mol. The summed E-state index contributed by atoms with van der Waals surface area (Å²) in [5.74, 6) is 6.79. The van der Waals surface area contributed by atoms with Crippen LogP contribution in [0.15, 0.2) is 18.2 Å². The molecule has 3 nitrogen and oxygen atoms in total. The van der Waals surface area contributed by atoms with Crippen molar-refractivity contribution in [2.75, 3.05) is 17.6 Å². The lowest BCUT2D eigenvalue weighted by Crippen LogP contribution is -2.34. The van der Waals surface area contributed by atoms with Gasteiger partial charge < -0.3 is 11.1 Å². The Morgan fingerprint density at radius 1 is 1.60 bits per heavy atom. The van der Waals surface area contributed by atoms with Crippen molar-refractivity contribution in [2.24, 2.45) is 5.73 Å². The van der Waals surface area contributed by atoms with Crippen LogP contribution in [0.5, 0.6) is 0 Å². The standard InChI is InChI=1S/C15H17ClN2OS/c1-15(7-3-9-20-15)14(19)18-13-6-5-12(16)10-11(13)4-2-8-17/h5-6,10H,3,7-9,17H2,1H3,(H,18,19). The fourth-order valence-electron chi connectivity index (χ4n) is 2.09. The van der Waals surface area contributed by atoms with Crippen molar-refractivity contribution in [1.29, 1.82) is 0 Å². The van der Waals surface area contributed by atoms with Crippen molar-refractivity contribution in [2.45, 2.75) is 24.5 Å². The molecule has 1 atom stereocenters. The molecule has 0 saturated carbocycles. The largest absolute Gasteiger partial charge is 0.324 e. The maximum atomic E-state index is 12.4. The molecule has 1 heterocycles. The molecule has 1 aromatic rings. The van der Waals surface area contributed by atoms with Gasteiger partial charge in [0.15, 0.2) is 0 Å². The Balaban J connectivity index is 2.22. The number of thioether (sulfide) groups is 1. The van der Waals surface area contributed by atoms with E-state index in [1.54, 1.807) is 30.0 Å². The van der Waals surface area contributed by atoms with Gasteiger partial charge in [-0.2, -0.15) is 0 Å². The van der Waals surface area contributed by atoms with Crippen LogP contribution < -0.4 is 11.1 Å². The van der Waals surface area contributed by atoms with Crippen LogP contribution in [0, 0.1) is 11.8 Å². The van der Waals surface area contributed by atoms with Gasteiger partial charge >= 0.3 is 0 Å². The van der Waals surface area contributed by atoms with Crippen LogP contribution in [0.1, 0.15) is 25.3 Å². The molecule has 1 aromatic carbocycles. The number of amides is 1. The van der Waals surface area contributed by atoms with Gasteiger partial charge in [0.1, 0.15) is 0 Å². The molecule has 1 aliphatic rings. The Hall–Kier alpha value is -1.15. The topological polar surface area (TPSA) is 55.1 Å². The quantitative estimate of drug-likeness (QED) is 0.826. The first-order valence-corrected chi connectivity index (χ1v) is 7.85. The van der Waals surface area contributed by atoms with E-state index in [1.165, 1.54) is 0 Å². The lowest BCUT2D eigenvalue weighted by molar-refractivity contribution is -0.118. The summed E-state index contributed by atoms with van der Waals surface area (Å²) in [6, 6.07) is 5.27. The number of rotatable bonds is 2. The van der Waals surface area contributed by atoms with Gasteiger partial charge in [0.05, 0.1) is 17.0 Å². The van der Waals surface area contributed by atoms with Gasteiger partial charge in [-0.05, 0) is 43.7 Å². The highest BCUT2D eigenvalue weighted by molar-refractivity contribution is 8.01. The Labute approximate surface area is 128 Å². The maximum Gasteiger partial charge on any atom is 0.240 e. The summed E-state index contributed by atoms with van der Waals surface area (Å²) in [6.45, 7) is 2.26. The van der Waals surface area contributed by atoms with Crippen LogP contribution in [0.4, 0.5) is 5.69 Å². The minimum absolute atomic E-state index is 0.0260. The third-order valence-corrected chi connectivity index (χ3v) is 5.01. The first-order chi connectivity index (χ1) is 9.55. The zero-order valence-corrected chi connectivity index (χ0v) is 12.9. The van der Waals surface area contributed by atoms with E-state index in [0.717, 1.165) is 18.6 Å². The van der Waals surface area contributed by atoms with Crippen LogP contribution in [0.2, 0.25) is 5.02 Å². The second-order valence-electron chi connectivity index (χ2n) is 4.83. The van der Waals surface area contributed by atoms with Gasteiger partial charge in [-0.15, -0.1) is 11.8 Å². The number of hydrogen-bond donors (Lipinski definition) is 2. The Morgan fingerprint density at radius 2 is 2.40 bits per heavy atom. The van der Waals surface area contributed by atoms with Crippen molar-refractivity contribution in [3.63, 3.8) is 0 Å². The number of carbonyl (C=O) groups is 1. The summed E-state index contributed by atoms with van der Waals surface area (Å²) in [5.41, 5.74) is 6.78. The Bertz CT molecular complexity index is 571. The van der Waals surface area contributed by atoms with Gasteiger partial charge in [0.2, 0.25) is 5.91 Å². The van der Waals surface area contributed by atoms with E-state index in [0.29, 0.717) is 16.3 Å². The normalized spacial score (nSPS) is 21.1. The number of benzene rings is 1. The van der Waals surface area contributed by atoms with Crippen molar-refractivity contribution in [3.8, 4) is 11.8 Å². The van der Waals surface area contributed by atoms with E-state index in [9.17, 15) is 4.79 Å².